The Morgan fingerprint density at radius 2 is 1.21 bits per heavy atom. The summed E-state index contributed by atoms with van der Waals surface area (Å²) in [6, 6.07) is 0. The first kappa shape index (κ1) is 23.9. The lowest BCUT2D eigenvalue weighted by atomic mass is 9.89. The van der Waals surface area contributed by atoms with Gasteiger partial charge in [-0.2, -0.15) is 8.42 Å². The van der Waals surface area contributed by atoms with Gasteiger partial charge in [0.15, 0.2) is 0 Å². The molecular formula is C19H41NO3S. The van der Waals surface area contributed by atoms with Crippen molar-refractivity contribution in [2.75, 3.05) is 6.54 Å². The van der Waals surface area contributed by atoms with E-state index in [9.17, 15) is 13.0 Å². The molecule has 0 aromatic carbocycles. The number of hydrogen-bond donors (Lipinski definition) is 2. The molecule has 0 heterocycles. The number of unbranched alkanes of at least 4 members (excludes halogenated alkanes) is 11. The maximum absolute atomic E-state index is 11.5. The Morgan fingerprint density at radius 1 is 0.833 bits per heavy atom. The average molecular weight is 364 g/mol. The zero-order chi connectivity index (χ0) is 18.5. The molecule has 4 nitrogen and oxygen atoms in total. The Hall–Kier alpha value is -0.130. The van der Waals surface area contributed by atoms with Crippen LogP contribution < -0.4 is 5.73 Å². The van der Waals surface area contributed by atoms with Gasteiger partial charge in [0.2, 0.25) is 0 Å². The summed E-state index contributed by atoms with van der Waals surface area (Å²) in [5, 5.41) is 0. The standard InChI is InChI=1S/C19H41NO3S/c1-4-5-6-7-8-9-10-11-12-13-14-15-16-18(17-20)19(2,3)24(21,22)23/h18H,4-17,20H2,1-3H3,(H,21,22,23). The van der Waals surface area contributed by atoms with E-state index in [1.54, 1.807) is 13.8 Å². The Bertz CT molecular complexity index is 393. The fourth-order valence-corrected chi connectivity index (χ4v) is 3.83. The third kappa shape index (κ3) is 10.00. The van der Waals surface area contributed by atoms with Crippen LogP contribution in [0.1, 0.15) is 104 Å². The van der Waals surface area contributed by atoms with Crippen LogP contribution in [0.25, 0.3) is 0 Å². The molecule has 0 saturated heterocycles. The van der Waals surface area contributed by atoms with Gasteiger partial charge in [-0.05, 0) is 32.7 Å². The molecule has 1 atom stereocenters. The second kappa shape index (κ2) is 13.1. The normalized spacial score (nSPS) is 14.0. The predicted octanol–water partition coefficient (Wildman–Crippen LogP) is 5.32. The molecule has 0 aliphatic rings. The van der Waals surface area contributed by atoms with Gasteiger partial charge in [-0.25, -0.2) is 0 Å². The molecule has 0 aromatic rings. The van der Waals surface area contributed by atoms with Crippen molar-refractivity contribution >= 4 is 10.1 Å². The zero-order valence-electron chi connectivity index (χ0n) is 16.2. The minimum atomic E-state index is -4.06. The van der Waals surface area contributed by atoms with Crippen LogP contribution in [-0.2, 0) is 10.1 Å². The Kier molecular flexibility index (Phi) is 13.1. The number of hydrogen-bond acceptors (Lipinski definition) is 3. The first-order valence-corrected chi connectivity index (χ1v) is 11.4. The van der Waals surface area contributed by atoms with Gasteiger partial charge < -0.3 is 5.73 Å². The molecule has 0 aliphatic heterocycles. The molecule has 0 aromatic heterocycles. The van der Waals surface area contributed by atoms with E-state index in [4.69, 9.17) is 5.73 Å². The lowest BCUT2D eigenvalue weighted by molar-refractivity contribution is 0.337. The first-order valence-electron chi connectivity index (χ1n) is 9.94. The smallest absolute Gasteiger partial charge is 0.270 e. The molecule has 5 heteroatoms. The van der Waals surface area contributed by atoms with E-state index in [1.807, 2.05) is 0 Å². The van der Waals surface area contributed by atoms with Crippen molar-refractivity contribution in [2.45, 2.75) is 109 Å². The molecule has 146 valence electrons. The Balaban J connectivity index is 3.65. The second-order valence-corrected chi connectivity index (χ2v) is 9.69. The summed E-state index contributed by atoms with van der Waals surface area (Å²) in [4.78, 5) is 0. The van der Waals surface area contributed by atoms with Crippen molar-refractivity contribution in [1.82, 2.24) is 0 Å². The maximum atomic E-state index is 11.5. The molecule has 0 bridgehead atoms. The Morgan fingerprint density at radius 3 is 1.54 bits per heavy atom. The van der Waals surface area contributed by atoms with E-state index in [0.29, 0.717) is 6.54 Å². The second-order valence-electron chi connectivity index (χ2n) is 7.69. The van der Waals surface area contributed by atoms with Crippen LogP contribution in [0, 0.1) is 5.92 Å². The number of rotatable bonds is 16. The predicted molar refractivity (Wildman–Crippen MR) is 104 cm³/mol. The van der Waals surface area contributed by atoms with Gasteiger partial charge in [0.05, 0.1) is 4.75 Å². The summed E-state index contributed by atoms with van der Waals surface area (Å²) < 4.78 is 31.1. The van der Waals surface area contributed by atoms with Crippen LogP contribution >= 0.6 is 0 Å². The molecule has 0 amide bonds. The SMILES string of the molecule is CCCCCCCCCCCCCCC(CN)C(C)(C)S(=O)(=O)O. The zero-order valence-corrected chi connectivity index (χ0v) is 17.0. The van der Waals surface area contributed by atoms with Crippen LogP contribution in [0.4, 0.5) is 0 Å². The van der Waals surface area contributed by atoms with E-state index in [-0.39, 0.29) is 5.92 Å². The molecule has 0 saturated carbocycles. The van der Waals surface area contributed by atoms with Crippen molar-refractivity contribution in [3.05, 3.63) is 0 Å². The van der Waals surface area contributed by atoms with Crippen molar-refractivity contribution in [3.8, 4) is 0 Å². The van der Waals surface area contributed by atoms with Gasteiger partial charge in [-0.3, -0.25) is 4.55 Å². The van der Waals surface area contributed by atoms with Crippen molar-refractivity contribution in [2.24, 2.45) is 11.7 Å². The van der Waals surface area contributed by atoms with Crippen LogP contribution in [-0.4, -0.2) is 24.3 Å². The maximum Gasteiger partial charge on any atom is 0.270 e. The molecule has 1 unspecified atom stereocenters. The highest BCUT2D eigenvalue weighted by atomic mass is 32.2. The first-order chi connectivity index (χ1) is 11.3. The van der Waals surface area contributed by atoms with E-state index in [2.05, 4.69) is 6.92 Å². The monoisotopic (exact) mass is 363 g/mol. The number of nitrogens with two attached hydrogens (primary N) is 1. The molecule has 0 spiro atoms. The highest BCUT2D eigenvalue weighted by Crippen LogP contribution is 2.29. The summed E-state index contributed by atoms with van der Waals surface area (Å²) in [5.41, 5.74) is 5.72. The molecule has 0 radical (unpaired) electrons. The van der Waals surface area contributed by atoms with Gasteiger partial charge in [-0.15, -0.1) is 0 Å². The molecule has 3 N–H and O–H groups in total. The summed E-state index contributed by atoms with van der Waals surface area (Å²) >= 11 is 0. The molecule has 0 fully saturated rings. The minimum Gasteiger partial charge on any atom is -0.330 e. The van der Waals surface area contributed by atoms with Gasteiger partial charge in [0.25, 0.3) is 10.1 Å². The molecular weight excluding hydrogens is 322 g/mol. The summed E-state index contributed by atoms with van der Waals surface area (Å²) in [5.74, 6) is -0.185. The molecule has 24 heavy (non-hydrogen) atoms. The minimum absolute atomic E-state index is 0.185. The van der Waals surface area contributed by atoms with E-state index in [1.165, 1.54) is 64.2 Å². The highest BCUT2D eigenvalue weighted by molar-refractivity contribution is 7.87. The summed E-state index contributed by atoms with van der Waals surface area (Å²) in [6.45, 7) is 5.69. The summed E-state index contributed by atoms with van der Waals surface area (Å²) in [7, 11) is -4.06. The average Bonchev–Trinajstić information content (AvgIpc) is 2.50. The van der Waals surface area contributed by atoms with Crippen LogP contribution in [0.3, 0.4) is 0 Å². The quantitative estimate of drug-likeness (QED) is 0.287. The van der Waals surface area contributed by atoms with Crippen molar-refractivity contribution in [1.29, 1.82) is 0 Å². The van der Waals surface area contributed by atoms with Crippen LogP contribution in [0.15, 0.2) is 0 Å². The van der Waals surface area contributed by atoms with Crippen LogP contribution in [0.5, 0.6) is 0 Å². The Labute approximate surface area is 150 Å². The fourth-order valence-electron chi connectivity index (χ4n) is 3.19. The largest absolute Gasteiger partial charge is 0.330 e. The van der Waals surface area contributed by atoms with E-state index >= 15 is 0 Å². The third-order valence-electron chi connectivity index (χ3n) is 5.34. The molecule has 0 rings (SSSR count). The van der Waals surface area contributed by atoms with E-state index < -0.39 is 14.9 Å². The van der Waals surface area contributed by atoms with E-state index in [0.717, 1.165) is 19.3 Å². The fraction of sp³-hybridized carbons (Fsp3) is 1.00. The molecule has 0 aliphatic carbocycles. The van der Waals surface area contributed by atoms with Crippen molar-refractivity contribution < 1.29 is 13.0 Å². The van der Waals surface area contributed by atoms with Gasteiger partial charge in [-0.1, -0.05) is 84.0 Å². The summed E-state index contributed by atoms with van der Waals surface area (Å²) in [6.07, 6.45) is 16.2. The van der Waals surface area contributed by atoms with Crippen molar-refractivity contribution in [3.63, 3.8) is 0 Å². The highest BCUT2D eigenvalue weighted by Gasteiger charge is 2.39. The van der Waals surface area contributed by atoms with Gasteiger partial charge in [0, 0.05) is 0 Å². The van der Waals surface area contributed by atoms with Gasteiger partial charge in [0.1, 0.15) is 0 Å². The lowest BCUT2D eigenvalue weighted by Crippen LogP contribution is -2.43. The van der Waals surface area contributed by atoms with Crippen LogP contribution in [0.2, 0.25) is 0 Å². The topological polar surface area (TPSA) is 80.4 Å². The lowest BCUT2D eigenvalue weighted by Gasteiger charge is -2.30. The third-order valence-corrected chi connectivity index (χ3v) is 7.00. The van der Waals surface area contributed by atoms with Gasteiger partial charge >= 0.3 is 0 Å².